The third-order valence-electron chi connectivity index (χ3n) is 6.45. The van der Waals surface area contributed by atoms with Gasteiger partial charge >= 0.3 is 0 Å². The van der Waals surface area contributed by atoms with Gasteiger partial charge in [-0.05, 0) is 48.3 Å². The summed E-state index contributed by atoms with van der Waals surface area (Å²) >= 11 is 0. The second kappa shape index (κ2) is 5.63. The molecule has 1 fully saturated rings. The molecule has 4 atom stereocenters. The minimum Gasteiger partial charge on any atom is -0.307 e. The molecular weight excluding hydrogens is 242 g/mol. The predicted octanol–water partition coefficient (Wildman–Crippen LogP) is 5.50. The normalized spacial score (nSPS) is 34.0. The van der Waals surface area contributed by atoms with Gasteiger partial charge in [0.15, 0.2) is 0 Å². The van der Waals surface area contributed by atoms with Crippen molar-refractivity contribution in [3.63, 3.8) is 0 Å². The van der Waals surface area contributed by atoms with Crippen LogP contribution in [-0.2, 0) is 0 Å². The smallest absolute Gasteiger partial charge is 0.0311 e. The molecule has 0 spiro atoms. The average Bonchev–Trinajstić information content (AvgIpc) is 2.28. The molecule has 0 aromatic rings. The highest BCUT2D eigenvalue weighted by atomic mass is 15.1. The SMILES string of the molecule is CC1CCC(C)(C)C(C(C)C(C)C(C)C)(C(C)(C)C)N1. The van der Waals surface area contributed by atoms with Crippen molar-refractivity contribution in [1.82, 2.24) is 5.32 Å². The predicted molar refractivity (Wildman–Crippen MR) is 91.0 cm³/mol. The van der Waals surface area contributed by atoms with E-state index in [-0.39, 0.29) is 11.0 Å². The van der Waals surface area contributed by atoms with Crippen LogP contribution in [0.25, 0.3) is 0 Å². The lowest BCUT2D eigenvalue weighted by molar-refractivity contribution is -0.0905. The van der Waals surface area contributed by atoms with Gasteiger partial charge in [0, 0.05) is 11.6 Å². The van der Waals surface area contributed by atoms with Crippen LogP contribution in [-0.4, -0.2) is 11.6 Å². The van der Waals surface area contributed by atoms with Gasteiger partial charge in [-0.1, -0.05) is 62.3 Å². The van der Waals surface area contributed by atoms with Crippen molar-refractivity contribution in [1.29, 1.82) is 0 Å². The van der Waals surface area contributed by atoms with Gasteiger partial charge in [-0.25, -0.2) is 0 Å². The van der Waals surface area contributed by atoms with Crippen molar-refractivity contribution in [3.05, 3.63) is 0 Å². The van der Waals surface area contributed by atoms with Gasteiger partial charge in [0.2, 0.25) is 0 Å². The van der Waals surface area contributed by atoms with E-state index in [1.165, 1.54) is 12.8 Å². The van der Waals surface area contributed by atoms with E-state index in [4.69, 9.17) is 0 Å². The number of hydrogen-bond donors (Lipinski definition) is 1. The molecule has 20 heavy (non-hydrogen) atoms. The number of nitrogens with one attached hydrogen (secondary N) is 1. The molecule has 0 saturated carbocycles. The molecule has 1 aliphatic rings. The third kappa shape index (κ3) is 2.80. The Morgan fingerprint density at radius 2 is 1.55 bits per heavy atom. The van der Waals surface area contributed by atoms with Crippen molar-refractivity contribution in [2.75, 3.05) is 0 Å². The maximum Gasteiger partial charge on any atom is 0.0311 e. The zero-order chi connectivity index (χ0) is 15.9. The van der Waals surface area contributed by atoms with Crippen molar-refractivity contribution >= 4 is 0 Å². The van der Waals surface area contributed by atoms with E-state index in [1.807, 2.05) is 0 Å². The van der Waals surface area contributed by atoms with Gasteiger partial charge in [0.1, 0.15) is 0 Å². The Labute approximate surface area is 128 Å². The molecule has 1 nitrogen and oxygen atoms in total. The molecule has 1 saturated heterocycles. The van der Waals surface area contributed by atoms with E-state index in [0.717, 1.165) is 11.8 Å². The van der Waals surface area contributed by atoms with Crippen LogP contribution in [0.2, 0.25) is 0 Å². The zero-order valence-corrected chi connectivity index (χ0v) is 15.7. The molecule has 120 valence electrons. The quantitative estimate of drug-likeness (QED) is 0.720. The number of hydrogen-bond acceptors (Lipinski definition) is 1. The van der Waals surface area contributed by atoms with E-state index in [1.54, 1.807) is 0 Å². The fraction of sp³-hybridized carbons (Fsp3) is 1.00. The molecule has 0 aliphatic carbocycles. The summed E-state index contributed by atoms with van der Waals surface area (Å²) in [6.45, 7) is 24.3. The van der Waals surface area contributed by atoms with Gasteiger partial charge in [-0.3, -0.25) is 0 Å². The highest BCUT2D eigenvalue weighted by Crippen LogP contribution is 2.55. The molecule has 1 N–H and O–H groups in total. The Kier molecular flexibility index (Phi) is 5.07. The molecular formula is C19H39N. The first-order chi connectivity index (χ1) is 8.87. The first-order valence-electron chi connectivity index (χ1n) is 8.64. The van der Waals surface area contributed by atoms with E-state index in [9.17, 15) is 0 Å². The average molecular weight is 282 g/mol. The summed E-state index contributed by atoms with van der Waals surface area (Å²) in [4.78, 5) is 0. The van der Waals surface area contributed by atoms with Crippen LogP contribution >= 0.6 is 0 Å². The van der Waals surface area contributed by atoms with Crippen molar-refractivity contribution in [2.24, 2.45) is 28.6 Å². The van der Waals surface area contributed by atoms with Crippen LogP contribution in [0.3, 0.4) is 0 Å². The van der Waals surface area contributed by atoms with Crippen LogP contribution in [0.5, 0.6) is 0 Å². The Bertz CT molecular complexity index is 323. The fourth-order valence-electron chi connectivity index (χ4n) is 5.06. The summed E-state index contributed by atoms with van der Waals surface area (Å²) in [6, 6.07) is 0.629. The third-order valence-corrected chi connectivity index (χ3v) is 6.45. The lowest BCUT2D eigenvalue weighted by atomic mass is 9.49. The molecule has 1 rings (SSSR count). The monoisotopic (exact) mass is 281 g/mol. The Hall–Kier alpha value is -0.0400. The largest absolute Gasteiger partial charge is 0.307 e. The minimum atomic E-state index is 0.196. The van der Waals surface area contributed by atoms with Crippen LogP contribution in [0.15, 0.2) is 0 Å². The first kappa shape index (κ1) is 18.0. The van der Waals surface area contributed by atoms with Gasteiger partial charge < -0.3 is 5.32 Å². The van der Waals surface area contributed by atoms with E-state index in [0.29, 0.717) is 17.4 Å². The zero-order valence-electron chi connectivity index (χ0n) is 15.7. The molecule has 1 heteroatoms. The standard InChI is InChI=1S/C19H39N/c1-13(2)15(4)16(5)19(17(6,7)8)18(9,10)12-11-14(3)20-19/h13-16,20H,11-12H2,1-10H3. The number of rotatable bonds is 3. The highest BCUT2D eigenvalue weighted by Gasteiger charge is 2.58. The molecule has 4 unspecified atom stereocenters. The highest BCUT2D eigenvalue weighted by molar-refractivity contribution is 5.14. The Balaban J connectivity index is 3.35. The minimum absolute atomic E-state index is 0.196. The molecule has 0 aromatic heterocycles. The van der Waals surface area contributed by atoms with Gasteiger partial charge in [0.05, 0.1) is 0 Å². The fourth-order valence-corrected chi connectivity index (χ4v) is 5.06. The van der Waals surface area contributed by atoms with Gasteiger partial charge in [0.25, 0.3) is 0 Å². The van der Waals surface area contributed by atoms with Crippen molar-refractivity contribution in [3.8, 4) is 0 Å². The maximum absolute atomic E-state index is 4.10. The Morgan fingerprint density at radius 3 is 1.95 bits per heavy atom. The van der Waals surface area contributed by atoms with Crippen molar-refractivity contribution < 1.29 is 0 Å². The molecule has 1 heterocycles. The maximum atomic E-state index is 4.10. The second-order valence-corrected chi connectivity index (χ2v) is 9.42. The number of piperidine rings is 1. The lowest BCUT2D eigenvalue weighted by Crippen LogP contribution is -2.72. The summed E-state index contributed by atoms with van der Waals surface area (Å²) in [7, 11) is 0. The first-order valence-corrected chi connectivity index (χ1v) is 8.64. The summed E-state index contributed by atoms with van der Waals surface area (Å²) in [5.74, 6) is 2.13. The van der Waals surface area contributed by atoms with E-state index < -0.39 is 0 Å². The topological polar surface area (TPSA) is 12.0 Å². The summed E-state index contributed by atoms with van der Waals surface area (Å²) in [6.07, 6.45) is 2.63. The summed E-state index contributed by atoms with van der Waals surface area (Å²) in [5.41, 5.74) is 0.787. The molecule has 0 radical (unpaired) electrons. The second-order valence-electron chi connectivity index (χ2n) is 9.42. The molecule has 1 aliphatic heterocycles. The van der Waals surface area contributed by atoms with E-state index >= 15 is 0 Å². The summed E-state index contributed by atoms with van der Waals surface area (Å²) < 4.78 is 0. The van der Waals surface area contributed by atoms with Gasteiger partial charge in [-0.15, -0.1) is 0 Å². The van der Waals surface area contributed by atoms with Gasteiger partial charge in [-0.2, -0.15) is 0 Å². The molecule has 0 aromatic carbocycles. The van der Waals surface area contributed by atoms with Crippen LogP contribution < -0.4 is 5.32 Å². The molecule has 0 amide bonds. The molecule has 0 bridgehead atoms. The van der Waals surface area contributed by atoms with Crippen LogP contribution in [0, 0.1) is 28.6 Å². The van der Waals surface area contributed by atoms with Crippen LogP contribution in [0.1, 0.15) is 82.1 Å². The van der Waals surface area contributed by atoms with Crippen molar-refractivity contribution in [2.45, 2.75) is 93.7 Å². The lowest BCUT2D eigenvalue weighted by Gasteiger charge is -2.64. The Morgan fingerprint density at radius 1 is 1.05 bits per heavy atom. The van der Waals surface area contributed by atoms with E-state index in [2.05, 4.69) is 74.6 Å². The van der Waals surface area contributed by atoms with Crippen LogP contribution in [0.4, 0.5) is 0 Å². The summed E-state index contributed by atoms with van der Waals surface area (Å²) in [5, 5.41) is 4.10.